The van der Waals surface area contributed by atoms with E-state index < -0.39 is 0 Å². The molecule has 0 saturated heterocycles. The molecule has 2 heterocycles. The van der Waals surface area contributed by atoms with Crippen LogP contribution in [0, 0.1) is 6.57 Å². The Morgan fingerprint density at radius 2 is 2.50 bits per heavy atom. The number of nitrogens with zero attached hydrogens (tertiary/aromatic N) is 3. The molecular formula is C10H11N3O. The van der Waals surface area contributed by atoms with Gasteiger partial charge in [0, 0.05) is 0 Å². The molecule has 1 aliphatic heterocycles. The second kappa shape index (κ2) is 3.03. The fourth-order valence-corrected chi connectivity index (χ4v) is 1.59. The third kappa shape index (κ3) is 1.17. The quantitative estimate of drug-likeness (QED) is 0.635. The van der Waals surface area contributed by atoms with E-state index in [0.29, 0.717) is 6.61 Å². The summed E-state index contributed by atoms with van der Waals surface area (Å²) in [5.41, 5.74) is 1.54. The van der Waals surface area contributed by atoms with Gasteiger partial charge in [0.2, 0.25) is 0 Å². The maximum Gasteiger partial charge on any atom is 0.371 e. The van der Waals surface area contributed by atoms with Crippen molar-refractivity contribution in [3.63, 3.8) is 0 Å². The first-order valence-corrected chi connectivity index (χ1v) is 4.57. The van der Waals surface area contributed by atoms with Crippen molar-refractivity contribution in [2.24, 2.45) is 0 Å². The smallest absolute Gasteiger partial charge is 0.371 e. The number of rotatable bonds is 1. The summed E-state index contributed by atoms with van der Waals surface area (Å²) in [6.45, 7) is 11.5. The fourth-order valence-electron chi connectivity index (χ4n) is 1.59. The summed E-state index contributed by atoms with van der Waals surface area (Å²) < 4.78 is 5.65. The Morgan fingerprint density at radius 3 is 3.14 bits per heavy atom. The van der Waals surface area contributed by atoms with Crippen LogP contribution in [0.5, 0.6) is 0 Å². The Kier molecular flexibility index (Phi) is 1.97. The van der Waals surface area contributed by atoms with Crippen molar-refractivity contribution in [1.82, 2.24) is 9.97 Å². The zero-order valence-corrected chi connectivity index (χ0v) is 8.24. The van der Waals surface area contributed by atoms with Crippen LogP contribution in [0.3, 0.4) is 0 Å². The summed E-state index contributed by atoms with van der Waals surface area (Å²) in [4.78, 5) is 11.3. The van der Waals surface area contributed by atoms with Gasteiger partial charge in [-0.3, -0.25) is 0 Å². The topological polar surface area (TPSA) is 39.4 Å². The number of aromatic nitrogens is 2. The molecule has 14 heavy (non-hydrogen) atoms. The molecule has 4 nitrogen and oxygen atoms in total. The standard InChI is InChI=1S/C10H11N3O/c1-4-10(2)8-7(6-14-10)5-12-9(11-3)13-8/h5H,4,6H2,1-2H3. The molecule has 0 fully saturated rings. The van der Waals surface area contributed by atoms with E-state index in [0.717, 1.165) is 17.7 Å². The van der Waals surface area contributed by atoms with E-state index in [9.17, 15) is 0 Å². The maximum atomic E-state index is 6.85. The van der Waals surface area contributed by atoms with Gasteiger partial charge in [0.05, 0.1) is 18.4 Å². The van der Waals surface area contributed by atoms with Gasteiger partial charge in [-0.25, -0.2) is 0 Å². The predicted octanol–water partition coefficient (Wildman–Crippen LogP) is 2.18. The summed E-state index contributed by atoms with van der Waals surface area (Å²) in [5.74, 6) is 0.203. The first-order chi connectivity index (χ1) is 6.69. The van der Waals surface area contributed by atoms with E-state index in [2.05, 4.69) is 21.7 Å². The molecule has 1 aromatic rings. The number of ether oxygens (including phenoxy) is 1. The van der Waals surface area contributed by atoms with Crippen LogP contribution in [0.4, 0.5) is 5.95 Å². The molecule has 4 heteroatoms. The molecule has 0 aromatic carbocycles. The van der Waals surface area contributed by atoms with Gasteiger partial charge in [0.15, 0.2) is 0 Å². The monoisotopic (exact) mass is 189 g/mol. The largest absolute Gasteiger partial charge is 0.394 e. The van der Waals surface area contributed by atoms with Gasteiger partial charge in [-0.1, -0.05) is 6.92 Å². The van der Waals surface area contributed by atoms with Gasteiger partial charge in [-0.15, -0.1) is 6.57 Å². The van der Waals surface area contributed by atoms with Crippen molar-refractivity contribution in [2.75, 3.05) is 0 Å². The lowest BCUT2D eigenvalue weighted by Crippen LogP contribution is -2.20. The summed E-state index contributed by atoms with van der Waals surface area (Å²) in [6.07, 6.45) is 2.55. The van der Waals surface area contributed by atoms with Crippen LogP contribution in [-0.4, -0.2) is 9.97 Å². The molecule has 1 unspecified atom stereocenters. The first-order valence-electron chi connectivity index (χ1n) is 4.57. The SMILES string of the molecule is [C-]#[N+]c1ncc2c(n1)C(C)(CC)OC2. The lowest BCUT2D eigenvalue weighted by Gasteiger charge is -2.19. The molecule has 72 valence electrons. The van der Waals surface area contributed by atoms with Gasteiger partial charge < -0.3 is 9.58 Å². The number of hydrogen-bond donors (Lipinski definition) is 0. The fraction of sp³-hybridized carbons (Fsp3) is 0.500. The molecule has 0 radical (unpaired) electrons. The van der Waals surface area contributed by atoms with Crippen LogP contribution in [0.1, 0.15) is 31.5 Å². The van der Waals surface area contributed by atoms with Crippen LogP contribution in [0.15, 0.2) is 6.20 Å². The highest BCUT2D eigenvalue weighted by molar-refractivity contribution is 5.34. The number of hydrogen-bond acceptors (Lipinski definition) is 3. The zero-order valence-electron chi connectivity index (χ0n) is 8.24. The van der Waals surface area contributed by atoms with Gasteiger partial charge in [0.25, 0.3) is 0 Å². The molecule has 0 aliphatic carbocycles. The van der Waals surface area contributed by atoms with Crippen molar-refractivity contribution in [3.05, 3.63) is 28.9 Å². The predicted molar refractivity (Wildman–Crippen MR) is 50.7 cm³/mol. The van der Waals surface area contributed by atoms with Crippen molar-refractivity contribution in [1.29, 1.82) is 0 Å². The molecule has 0 N–H and O–H groups in total. The molecule has 1 atom stereocenters. The lowest BCUT2D eigenvalue weighted by molar-refractivity contribution is -0.0281. The van der Waals surface area contributed by atoms with Crippen molar-refractivity contribution < 1.29 is 4.74 Å². The van der Waals surface area contributed by atoms with Crippen LogP contribution in [0.25, 0.3) is 4.85 Å². The summed E-state index contributed by atoms with van der Waals surface area (Å²) >= 11 is 0. The van der Waals surface area contributed by atoms with E-state index in [4.69, 9.17) is 11.3 Å². The van der Waals surface area contributed by atoms with Crippen LogP contribution < -0.4 is 0 Å². The van der Waals surface area contributed by atoms with Crippen molar-refractivity contribution >= 4 is 5.95 Å². The van der Waals surface area contributed by atoms with E-state index in [1.807, 2.05) is 6.92 Å². The summed E-state index contributed by atoms with van der Waals surface area (Å²) in [7, 11) is 0. The van der Waals surface area contributed by atoms with Crippen LogP contribution in [0.2, 0.25) is 0 Å². The second-order valence-electron chi connectivity index (χ2n) is 3.53. The molecule has 2 rings (SSSR count). The molecule has 0 saturated carbocycles. The zero-order chi connectivity index (χ0) is 10.2. The van der Waals surface area contributed by atoms with Gasteiger partial charge in [-0.2, -0.15) is 9.97 Å². The maximum absolute atomic E-state index is 6.85. The third-order valence-electron chi connectivity index (χ3n) is 2.67. The second-order valence-corrected chi connectivity index (χ2v) is 3.53. The minimum absolute atomic E-state index is 0.203. The average molecular weight is 189 g/mol. The summed E-state index contributed by atoms with van der Waals surface area (Å²) in [5, 5.41) is 0. The Labute approximate surface area is 82.8 Å². The normalized spacial score (nSPS) is 24.4. The highest BCUT2D eigenvalue weighted by Gasteiger charge is 2.38. The Morgan fingerprint density at radius 1 is 1.71 bits per heavy atom. The van der Waals surface area contributed by atoms with Crippen LogP contribution >= 0.6 is 0 Å². The average Bonchev–Trinajstić information content (AvgIpc) is 2.57. The minimum atomic E-state index is -0.336. The van der Waals surface area contributed by atoms with Gasteiger partial charge >= 0.3 is 5.95 Å². The molecule has 1 aromatic heterocycles. The number of fused-ring (bicyclic) bond motifs is 1. The Balaban J connectivity index is 2.53. The molecule has 1 aliphatic rings. The van der Waals surface area contributed by atoms with Crippen molar-refractivity contribution in [2.45, 2.75) is 32.5 Å². The molecule has 0 spiro atoms. The van der Waals surface area contributed by atoms with Crippen LogP contribution in [-0.2, 0) is 16.9 Å². The van der Waals surface area contributed by atoms with E-state index in [1.54, 1.807) is 6.20 Å². The first kappa shape index (κ1) is 9.10. The highest BCUT2D eigenvalue weighted by atomic mass is 16.5. The van der Waals surface area contributed by atoms with Gasteiger partial charge in [-0.05, 0) is 13.3 Å². The highest BCUT2D eigenvalue weighted by Crippen LogP contribution is 2.37. The van der Waals surface area contributed by atoms with E-state index in [1.165, 1.54) is 0 Å². The third-order valence-corrected chi connectivity index (χ3v) is 2.67. The summed E-state index contributed by atoms with van der Waals surface area (Å²) in [6, 6.07) is 0. The van der Waals surface area contributed by atoms with E-state index >= 15 is 0 Å². The lowest BCUT2D eigenvalue weighted by atomic mass is 9.98. The molecule has 0 bridgehead atoms. The van der Waals surface area contributed by atoms with E-state index in [-0.39, 0.29) is 11.5 Å². The minimum Gasteiger partial charge on any atom is -0.394 e. The Hall–Kier alpha value is -1.47. The molecule has 0 amide bonds. The Bertz CT molecular complexity index is 410. The van der Waals surface area contributed by atoms with Crippen molar-refractivity contribution in [3.8, 4) is 0 Å². The van der Waals surface area contributed by atoms with Gasteiger partial charge in [0.1, 0.15) is 11.3 Å². The molecular weight excluding hydrogens is 178 g/mol.